The second-order valence-corrected chi connectivity index (χ2v) is 15.1. The highest BCUT2D eigenvalue weighted by Gasteiger charge is 2.34. The van der Waals surface area contributed by atoms with E-state index >= 15 is 0 Å². The Kier molecular flexibility index (Phi) is 33.0. The van der Waals surface area contributed by atoms with Crippen LogP contribution in [0.5, 0.6) is 0 Å². The molecule has 0 aromatic heterocycles. The van der Waals surface area contributed by atoms with Crippen LogP contribution in [0.1, 0.15) is 135 Å². The molecule has 0 saturated carbocycles. The van der Waals surface area contributed by atoms with Crippen LogP contribution in [0.3, 0.4) is 0 Å². The first kappa shape index (κ1) is 47.0. The highest BCUT2D eigenvalue weighted by Crippen LogP contribution is 2.50. The summed E-state index contributed by atoms with van der Waals surface area (Å²) in [5, 5.41) is 25.4. The maximum absolute atomic E-state index is 8.74. The number of hydrogen-bond acceptors (Lipinski definition) is 9. The molecule has 0 bridgehead atoms. The molecule has 1 N–H and O–H groups in total. The molecule has 0 spiro atoms. The Balaban J connectivity index is -0.000000645. The molecule has 0 heterocycles. The number of aliphatic hydroxyl groups is 1. The summed E-state index contributed by atoms with van der Waals surface area (Å²) in [5.41, 5.74) is 0. The SMILES string of the molecule is CC(C)N(C(C)C)P(OCCC#N)N(C(C)C)C(C)C.CCCCO.CCCCOP(OCCC#N)N(C(C)C)C(C)C. The van der Waals surface area contributed by atoms with Gasteiger partial charge in [-0.05, 0) is 95.9 Å². The Bertz CT molecular complexity index is 654. The first-order chi connectivity index (χ1) is 20.2. The molecule has 11 heteroatoms. The first-order valence-electron chi connectivity index (χ1n) is 16.4. The molecule has 9 nitrogen and oxygen atoms in total. The lowest BCUT2D eigenvalue weighted by molar-refractivity contribution is 0.175. The predicted octanol–water partition coefficient (Wildman–Crippen LogP) is 9.24. The third-order valence-corrected chi connectivity index (χ3v) is 11.0. The largest absolute Gasteiger partial charge is 0.396 e. The smallest absolute Gasteiger partial charge is 0.259 e. The molecule has 0 fully saturated rings. The Labute approximate surface area is 270 Å². The van der Waals surface area contributed by atoms with Gasteiger partial charge in [0, 0.05) is 42.9 Å². The van der Waals surface area contributed by atoms with Crippen LogP contribution in [0.4, 0.5) is 0 Å². The zero-order chi connectivity index (χ0) is 34.0. The van der Waals surface area contributed by atoms with Crippen LogP contribution in [-0.2, 0) is 13.6 Å². The molecule has 0 saturated heterocycles. The van der Waals surface area contributed by atoms with E-state index in [0.29, 0.717) is 68.9 Å². The Hall–Kier alpha value is -0.440. The van der Waals surface area contributed by atoms with E-state index in [1.54, 1.807) is 0 Å². The average molecular weight is 650 g/mol. The highest BCUT2D eigenvalue weighted by molar-refractivity contribution is 7.47. The number of nitrogens with zero attached hydrogens (tertiary/aromatic N) is 5. The van der Waals surface area contributed by atoms with E-state index in [1.807, 2.05) is 0 Å². The van der Waals surface area contributed by atoms with Crippen molar-refractivity contribution in [3.8, 4) is 12.1 Å². The van der Waals surface area contributed by atoms with E-state index in [-0.39, 0.29) is 0 Å². The molecular formula is C32H69N5O4P2. The Morgan fingerprint density at radius 1 is 0.558 bits per heavy atom. The summed E-state index contributed by atoms with van der Waals surface area (Å²) in [7, 11) is -1.89. The van der Waals surface area contributed by atoms with E-state index in [0.717, 1.165) is 32.3 Å². The van der Waals surface area contributed by atoms with Gasteiger partial charge in [0.2, 0.25) is 0 Å². The van der Waals surface area contributed by atoms with Crippen LogP contribution in [0.15, 0.2) is 0 Å². The van der Waals surface area contributed by atoms with Gasteiger partial charge in [-0.25, -0.2) is 14.0 Å². The fourth-order valence-electron chi connectivity index (χ4n) is 4.17. The predicted molar refractivity (Wildman–Crippen MR) is 185 cm³/mol. The lowest BCUT2D eigenvalue weighted by Crippen LogP contribution is -2.43. The topological polar surface area (TPSA) is 105 Å². The number of hydrogen-bond donors (Lipinski definition) is 1. The number of nitriles is 2. The van der Waals surface area contributed by atoms with Crippen LogP contribution >= 0.6 is 17.0 Å². The average Bonchev–Trinajstić information content (AvgIpc) is 2.89. The van der Waals surface area contributed by atoms with Crippen molar-refractivity contribution in [3.05, 3.63) is 0 Å². The van der Waals surface area contributed by atoms with E-state index in [9.17, 15) is 0 Å². The quantitative estimate of drug-likeness (QED) is 0.0962. The van der Waals surface area contributed by atoms with Crippen molar-refractivity contribution >= 4 is 17.0 Å². The van der Waals surface area contributed by atoms with Crippen molar-refractivity contribution in [3.63, 3.8) is 0 Å². The molecule has 1 atom stereocenters. The molecule has 1 unspecified atom stereocenters. The van der Waals surface area contributed by atoms with E-state index in [4.69, 9.17) is 29.2 Å². The van der Waals surface area contributed by atoms with Crippen LogP contribution in [-0.4, -0.2) is 81.8 Å². The fourth-order valence-corrected chi connectivity index (χ4v) is 8.14. The summed E-state index contributed by atoms with van der Waals surface area (Å²) in [6, 6.07) is 6.69. The van der Waals surface area contributed by atoms with Gasteiger partial charge in [-0.15, -0.1) is 0 Å². The number of rotatable bonds is 21. The van der Waals surface area contributed by atoms with Gasteiger partial charge in [0.1, 0.15) is 0 Å². The van der Waals surface area contributed by atoms with Crippen molar-refractivity contribution in [2.24, 2.45) is 0 Å². The zero-order valence-corrected chi connectivity index (χ0v) is 32.1. The van der Waals surface area contributed by atoms with Crippen LogP contribution < -0.4 is 0 Å². The molecule has 0 aliphatic heterocycles. The molecule has 0 aromatic carbocycles. The van der Waals surface area contributed by atoms with Crippen molar-refractivity contribution in [2.45, 2.75) is 172 Å². The lowest BCUT2D eigenvalue weighted by atomic mass is 10.3. The normalized spacial score (nSPS) is 12.4. The molecule has 0 aromatic rings. The van der Waals surface area contributed by atoms with Crippen molar-refractivity contribution in [1.82, 2.24) is 14.0 Å². The van der Waals surface area contributed by atoms with Gasteiger partial charge >= 0.3 is 0 Å². The first-order valence-corrected chi connectivity index (χ1v) is 18.7. The summed E-state index contributed by atoms with van der Waals surface area (Å²) < 4.78 is 24.9. The van der Waals surface area contributed by atoms with Crippen LogP contribution in [0.2, 0.25) is 0 Å². The summed E-state index contributed by atoms with van der Waals surface area (Å²) in [6.45, 7) is 32.5. The van der Waals surface area contributed by atoms with Gasteiger partial charge in [-0.3, -0.25) is 0 Å². The molecule has 43 heavy (non-hydrogen) atoms. The molecule has 0 radical (unpaired) electrons. The molecule has 0 rings (SSSR count). The Morgan fingerprint density at radius 3 is 1.19 bits per heavy atom. The fraction of sp³-hybridized carbons (Fsp3) is 0.938. The molecule has 0 aliphatic carbocycles. The van der Waals surface area contributed by atoms with Gasteiger partial charge in [0.15, 0.2) is 8.45 Å². The summed E-state index contributed by atoms with van der Waals surface area (Å²) in [4.78, 5) is 0. The van der Waals surface area contributed by atoms with Crippen molar-refractivity contribution in [1.29, 1.82) is 10.5 Å². The maximum Gasteiger partial charge on any atom is 0.259 e. The van der Waals surface area contributed by atoms with E-state index < -0.39 is 17.0 Å². The second kappa shape index (κ2) is 30.2. The van der Waals surface area contributed by atoms with Gasteiger partial charge in [-0.1, -0.05) is 26.7 Å². The van der Waals surface area contributed by atoms with Gasteiger partial charge in [0.25, 0.3) is 8.53 Å². The van der Waals surface area contributed by atoms with Gasteiger partial charge < -0.3 is 18.7 Å². The zero-order valence-electron chi connectivity index (χ0n) is 30.3. The van der Waals surface area contributed by atoms with Gasteiger partial charge in [0.05, 0.1) is 44.8 Å². The molecular weight excluding hydrogens is 580 g/mol. The van der Waals surface area contributed by atoms with E-state index in [1.165, 1.54) is 0 Å². The minimum Gasteiger partial charge on any atom is -0.396 e. The van der Waals surface area contributed by atoms with Crippen LogP contribution in [0, 0.1) is 22.7 Å². The number of unbranched alkanes of at least 4 members (excludes halogenated alkanes) is 2. The molecule has 0 amide bonds. The monoisotopic (exact) mass is 649 g/mol. The minimum atomic E-state index is -1.04. The highest BCUT2D eigenvalue weighted by atomic mass is 31.2. The summed E-state index contributed by atoms with van der Waals surface area (Å²) in [5.74, 6) is 0. The standard InChI is InChI=1S/C15H32N3OP.C13H27N2O2P.C4H10O/c1-12(2)17(13(3)4)20(19-11-9-10-16)18(14(5)6)15(7)8;1-6-7-10-16-18(17-11-8-9-14)15(12(2)3)13(4)5;1-2-3-4-5/h12-15H,9,11H2,1-8H3;12-13H,6-8,10-11H2,1-5H3;5H,2-4H2,1H3. The molecule has 0 aliphatic rings. The Morgan fingerprint density at radius 2 is 0.907 bits per heavy atom. The second-order valence-electron chi connectivity index (χ2n) is 11.9. The number of aliphatic hydroxyl groups excluding tert-OH is 1. The van der Waals surface area contributed by atoms with E-state index in [2.05, 4.69) is 123 Å². The van der Waals surface area contributed by atoms with Gasteiger partial charge in [-0.2, -0.15) is 10.5 Å². The van der Waals surface area contributed by atoms with Crippen molar-refractivity contribution in [2.75, 3.05) is 26.4 Å². The minimum absolute atomic E-state index is 0.344. The maximum atomic E-state index is 8.74. The lowest BCUT2D eigenvalue weighted by Gasteiger charge is -2.45. The molecule has 256 valence electrons. The van der Waals surface area contributed by atoms with Crippen LogP contribution in [0.25, 0.3) is 0 Å². The third kappa shape index (κ3) is 23.5. The third-order valence-electron chi connectivity index (χ3n) is 5.81. The summed E-state index contributed by atoms with van der Waals surface area (Å²) in [6.07, 6.45) is 5.07. The van der Waals surface area contributed by atoms with Crippen molar-refractivity contribution < 1.29 is 18.7 Å². The summed E-state index contributed by atoms with van der Waals surface area (Å²) >= 11 is 0.